The summed E-state index contributed by atoms with van der Waals surface area (Å²) in [7, 11) is 0. The summed E-state index contributed by atoms with van der Waals surface area (Å²) < 4.78 is 4.99. The Morgan fingerprint density at radius 3 is 1.79 bits per heavy atom. The molecule has 2 atom stereocenters. The van der Waals surface area contributed by atoms with Crippen molar-refractivity contribution < 1.29 is 0 Å². The Kier molecular flexibility index (Phi) is 8.07. The van der Waals surface area contributed by atoms with E-state index in [1.165, 1.54) is 58.8 Å². The summed E-state index contributed by atoms with van der Waals surface area (Å²) in [6.07, 6.45) is 1.62. The number of benzene rings is 7. The summed E-state index contributed by atoms with van der Waals surface area (Å²) in [6, 6.07) is 65.1. The van der Waals surface area contributed by atoms with Gasteiger partial charge in [-0.25, -0.2) is 0 Å². The van der Waals surface area contributed by atoms with E-state index < -0.39 is 0 Å². The van der Waals surface area contributed by atoms with Crippen LogP contribution in [0.4, 0.5) is 0 Å². The molecule has 1 aliphatic heterocycles. The number of fused-ring (bicyclic) bond motifs is 7. The second-order valence-electron chi connectivity index (χ2n) is 14.5. The first-order valence-corrected chi connectivity index (χ1v) is 20.0. The lowest BCUT2D eigenvalue weighted by Crippen LogP contribution is -2.54. The third-order valence-corrected chi connectivity index (χ3v) is 12.4. The van der Waals surface area contributed by atoms with Gasteiger partial charge in [-0.2, -0.15) is 0 Å². The van der Waals surface area contributed by atoms with Gasteiger partial charge in [0.05, 0.1) is 39.9 Å². The molecule has 0 saturated carbocycles. The molecule has 0 bridgehead atoms. The average molecular weight is 740 g/mol. The minimum absolute atomic E-state index is 0.0945. The molecule has 3 aromatic heterocycles. The molecule has 4 heterocycles. The van der Waals surface area contributed by atoms with Crippen molar-refractivity contribution in [1.82, 2.24) is 25.5 Å². The predicted octanol–water partition coefficient (Wildman–Crippen LogP) is 12.1. The van der Waals surface area contributed by atoms with E-state index in [-0.39, 0.29) is 18.5 Å². The van der Waals surface area contributed by atoms with Crippen LogP contribution >= 0.6 is 11.3 Å². The van der Waals surface area contributed by atoms with Crippen LogP contribution < -0.4 is 16.0 Å². The smallest absolute Gasteiger partial charge is 0.0886 e. The van der Waals surface area contributed by atoms with Crippen molar-refractivity contribution in [1.29, 1.82) is 0 Å². The first-order valence-electron chi connectivity index (χ1n) is 19.1. The summed E-state index contributed by atoms with van der Waals surface area (Å²) in [6.45, 7) is 0. The first kappa shape index (κ1) is 33.0. The monoisotopic (exact) mass is 739 g/mol. The molecule has 0 aliphatic carbocycles. The van der Waals surface area contributed by atoms with Gasteiger partial charge < -0.3 is 4.57 Å². The molecule has 10 aromatic rings. The lowest BCUT2D eigenvalue weighted by atomic mass is 9.96. The SMILES string of the molecule is c1ccc(-c2cnc(-c3ccc4sc5c(ccc6c7ccccc7n(-c7ccccc7)c65)c4c3)c(C3NC(c4ccccc4)NC(c4ccccc4)N3)c2)cc1. The van der Waals surface area contributed by atoms with E-state index in [0.717, 1.165) is 27.9 Å². The Bertz CT molecular complexity index is 2960. The van der Waals surface area contributed by atoms with Crippen LogP contribution in [0.15, 0.2) is 188 Å². The number of nitrogens with zero attached hydrogens (tertiary/aromatic N) is 2. The van der Waals surface area contributed by atoms with Crippen molar-refractivity contribution >= 4 is 53.3 Å². The summed E-state index contributed by atoms with van der Waals surface area (Å²) in [5.41, 5.74) is 11.4. The zero-order chi connectivity index (χ0) is 37.0. The van der Waals surface area contributed by atoms with Gasteiger partial charge in [0.2, 0.25) is 0 Å². The number of hydrogen-bond donors (Lipinski definition) is 3. The van der Waals surface area contributed by atoms with Crippen LogP contribution in [0.1, 0.15) is 35.2 Å². The summed E-state index contributed by atoms with van der Waals surface area (Å²) in [5.74, 6) is 0. The van der Waals surface area contributed by atoms with Gasteiger partial charge in [-0.1, -0.05) is 146 Å². The molecule has 0 radical (unpaired) electrons. The first-order chi connectivity index (χ1) is 27.8. The van der Waals surface area contributed by atoms with Gasteiger partial charge >= 0.3 is 0 Å². The third-order valence-electron chi connectivity index (χ3n) is 11.2. The molecule has 0 amide bonds. The molecule has 1 saturated heterocycles. The normalized spacial score (nSPS) is 17.2. The quantitative estimate of drug-likeness (QED) is 0.159. The summed E-state index contributed by atoms with van der Waals surface area (Å²) in [5, 5.41) is 16.7. The van der Waals surface area contributed by atoms with E-state index in [0.29, 0.717) is 0 Å². The predicted molar refractivity (Wildman–Crippen MR) is 233 cm³/mol. The Morgan fingerprint density at radius 1 is 0.464 bits per heavy atom. The molecule has 7 aromatic carbocycles. The van der Waals surface area contributed by atoms with Crippen LogP contribution in [0.25, 0.3) is 70.0 Å². The van der Waals surface area contributed by atoms with Crippen molar-refractivity contribution in [3.63, 3.8) is 0 Å². The second kappa shape index (κ2) is 13.7. The Labute approximate surface area is 328 Å². The van der Waals surface area contributed by atoms with Gasteiger partial charge in [0, 0.05) is 54.8 Å². The average Bonchev–Trinajstić information content (AvgIpc) is 3.83. The van der Waals surface area contributed by atoms with Crippen LogP contribution in [0, 0.1) is 0 Å². The lowest BCUT2D eigenvalue weighted by molar-refractivity contribution is 0.203. The number of hydrogen-bond acceptors (Lipinski definition) is 5. The molecule has 5 nitrogen and oxygen atoms in total. The summed E-state index contributed by atoms with van der Waals surface area (Å²) >= 11 is 1.87. The van der Waals surface area contributed by atoms with E-state index in [1.54, 1.807) is 0 Å². The van der Waals surface area contributed by atoms with Crippen LogP contribution in [0.5, 0.6) is 0 Å². The zero-order valence-electron chi connectivity index (χ0n) is 30.4. The molecule has 56 heavy (non-hydrogen) atoms. The number of nitrogens with one attached hydrogen (secondary N) is 3. The molecule has 1 aliphatic rings. The molecule has 2 unspecified atom stereocenters. The van der Waals surface area contributed by atoms with Gasteiger partial charge in [0.15, 0.2) is 0 Å². The van der Waals surface area contributed by atoms with Gasteiger partial charge in [0.1, 0.15) is 0 Å². The van der Waals surface area contributed by atoms with Crippen molar-refractivity contribution in [2.45, 2.75) is 18.5 Å². The number of para-hydroxylation sites is 2. The largest absolute Gasteiger partial charge is 0.308 e. The highest BCUT2D eigenvalue weighted by Crippen LogP contribution is 2.44. The molecule has 3 N–H and O–H groups in total. The fraction of sp³-hybridized carbons (Fsp3) is 0.0600. The van der Waals surface area contributed by atoms with Crippen molar-refractivity contribution in [2.24, 2.45) is 0 Å². The summed E-state index contributed by atoms with van der Waals surface area (Å²) in [4.78, 5) is 5.30. The molecule has 11 rings (SSSR count). The number of thiophene rings is 1. The van der Waals surface area contributed by atoms with Gasteiger partial charge in [-0.05, 0) is 53.1 Å². The van der Waals surface area contributed by atoms with Crippen LogP contribution in [0.2, 0.25) is 0 Å². The van der Waals surface area contributed by atoms with Crippen LogP contribution in [-0.2, 0) is 0 Å². The third kappa shape index (κ3) is 5.62. The molecule has 0 spiro atoms. The van der Waals surface area contributed by atoms with E-state index in [2.05, 4.69) is 203 Å². The fourth-order valence-corrected chi connectivity index (χ4v) is 9.73. The van der Waals surface area contributed by atoms with E-state index >= 15 is 0 Å². The highest BCUT2D eigenvalue weighted by atomic mass is 32.1. The molecule has 6 heteroatoms. The van der Waals surface area contributed by atoms with Gasteiger partial charge in [0.25, 0.3) is 0 Å². The van der Waals surface area contributed by atoms with Crippen molar-refractivity contribution in [2.75, 3.05) is 0 Å². The van der Waals surface area contributed by atoms with Crippen molar-refractivity contribution in [3.05, 3.63) is 205 Å². The van der Waals surface area contributed by atoms with Crippen LogP contribution in [-0.4, -0.2) is 9.55 Å². The number of aromatic nitrogens is 2. The minimum atomic E-state index is -0.214. The Morgan fingerprint density at radius 2 is 1.07 bits per heavy atom. The van der Waals surface area contributed by atoms with Gasteiger partial charge in [-0.3, -0.25) is 20.9 Å². The second-order valence-corrected chi connectivity index (χ2v) is 15.5. The standard InChI is InChI=1S/C50H37N5S/c1-5-15-32(16-6-1)36-30-42(50-53-48(33-17-7-2-8-18-33)52-49(54-50)34-19-9-3-10-20-34)45(51-31-36)35-25-28-44-41(29-35)40-27-26-39-38-23-13-14-24-43(38)55(46(39)47(40)56-44)37-21-11-4-12-22-37/h1-31,48-50,52-54H. The van der Waals surface area contributed by atoms with E-state index in [9.17, 15) is 0 Å². The van der Waals surface area contributed by atoms with Crippen LogP contribution in [0.3, 0.4) is 0 Å². The van der Waals surface area contributed by atoms with Crippen molar-refractivity contribution in [3.8, 4) is 28.1 Å². The van der Waals surface area contributed by atoms with E-state index in [4.69, 9.17) is 4.98 Å². The van der Waals surface area contributed by atoms with Gasteiger partial charge in [-0.15, -0.1) is 11.3 Å². The molecule has 268 valence electrons. The fourth-order valence-electron chi connectivity index (χ4n) is 8.51. The zero-order valence-corrected chi connectivity index (χ0v) is 31.2. The molecular formula is C50H37N5S. The lowest BCUT2D eigenvalue weighted by Gasteiger charge is -2.40. The maximum absolute atomic E-state index is 5.30. The maximum Gasteiger partial charge on any atom is 0.0886 e. The highest BCUT2D eigenvalue weighted by molar-refractivity contribution is 7.26. The topological polar surface area (TPSA) is 53.9 Å². The molecular weight excluding hydrogens is 703 g/mol. The Hall–Kier alpha value is -6.41. The Balaban J connectivity index is 1.10. The number of rotatable bonds is 6. The van der Waals surface area contributed by atoms with E-state index in [1.807, 2.05) is 17.5 Å². The number of pyridine rings is 1. The highest BCUT2D eigenvalue weighted by Gasteiger charge is 2.32. The minimum Gasteiger partial charge on any atom is -0.308 e. The maximum atomic E-state index is 5.30. The molecule has 1 fully saturated rings.